The third-order valence-corrected chi connectivity index (χ3v) is 6.04. The molecule has 27 heavy (non-hydrogen) atoms. The third-order valence-electron chi connectivity index (χ3n) is 6.04. The first-order chi connectivity index (χ1) is 12.3. The SMILES string of the molecule is CC(=O)n1cc([C@@H](C2CCCCC2)N2CCNCC2)c2ccccc21.Cl.Cl. The summed E-state index contributed by atoms with van der Waals surface area (Å²) in [7, 11) is 0. The Hall–Kier alpha value is -1.07. The monoisotopic (exact) mass is 411 g/mol. The highest BCUT2D eigenvalue weighted by Gasteiger charge is 2.33. The van der Waals surface area contributed by atoms with Crippen LogP contribution < -0.4 is 5.32 Å². The number of carbonyl (C=O) groups excluding carboxylic acids is 1. The van der Waals surface area contributed by atoms with Crippen molar-refractivity contribution in [3.63, 3.8) is 0 Å². The normalized spacial score (nSPS) is 19.9. The highest BCUT2D eigenvalue weighted by Crippen LogP contribution is 2.41. The Kier molecular flexibility index (Phi) is 8.17. The topological polar surface area (TPSA) is 37.3 Å². The highest BCUT2D eigenvalue weighted by molar-refractivity contribution is 5.93. The lowest BCUT2D eigenvalue weighted by Crippen LogP contribution is -2.47. The number of nitrogens with zero attached hydrogens (tertiary/aromatic N) is 2. The minimum absolute atomic E-state index is 0. The molecule has 150 valence electrons. The number of benzene rings is 1. The van der Waals surface area contributed by atoms with Gasteiger partial charge < -0.3 is 5.32 Å². The highest BCUT2D eigenvalue weighted by atomic mass is 35.5. The summed E-state index contributed by atoms with van der Waals surface area (Å²) >= 11 is 0. The maximum absolute atomic E-state index is 12.2. The van der Waals surface area contributed by atoms with Crippen LogP contribution in [0.25, 0.3) is 10.9 Å². The molecule has 1 atom stereocenters. The number of rotatable bonds is 3. The summed E-state index contributed by atoms with van der Waals surface area (Å²) in [6.07, 6.45) is 8.83. The number of piperazine rings is 1. The van der Waals surface area contributed by atoms with Crippen LogP contribution in [0, 0.1) is 5.92 Å². The van der Waals surface area contributed by atoms with Gasteiger partial charge in [-0.15, -0.1) is 24.8 Å². The fourth-order valence-corrected chi connectivity index (χ4v) is 4.86. The molecule has 1 saturated heterocycles. The van der Waals surface area contributed by atoms with Crippen LogP contribution in [-0.2, 0) is 0 Å². The van der Waals surface area contributed by atoms with Gasteiger partial charge in [-0.2, -0.15) is 0 Å². The van der Waals surface area contributed by atoms with Crippen LogP contribution >= 0.6 is 24.8 Å². The molecule has 1 N–H and O–H groups in total. The van der Waals surface area contributed by atoms with Crippen molar-refractivity contribution in [3.05, 3.63) is 36.0 Å². The van der Waals surface area contributed by atoms with Crippen LogP contribution in [0.3, 0.4) is 0 Å². The summed E-state index contributed by atoms with van der Waals surface area (Å²) in [4.78, 5) is 14.9. The molecule has 0 bridgehead atoms. The van der Waals surface area contributed by atoms with Crippen molar-refractivity contribution in [1.82, 2.24) is 14.8 Å². The molecule has 1 aromatic carbocycles. The van der Waals surface area contributed by atoms with E-state index < -0.39 is 0 Å². The molecule has 1 saturated carbocycles. The second-order valence-corrected chi connectivity index (χ2v) is 7.62. The molecule has 1 aliphatic carbocycles. The van der Waals surface area contributed by atoms with Crippen LogP contribution in [0.2, 0.25) is 0 Å². The van der Waals surface area contributed by atoms with E-state index in [2.05, 4.69) is 34.6 Å². The fourth-order valence-electron chi connectivity index (χ4n) is 4.86. The Balaban J connectivity index is 0.00000131. The molecule has 0 spiro atoms. The van der Waals surface area contributed by atoms with Crippen molar-refractivity contribution in [2.75, 3.05) is 26.2 Å². The predicted octanol–water partition coefficient (Wildman–Crippen LogP) is 4.67. The number of hydrogen-bond acceptors (Lipinski definition) is 3. The number of nitrogens with one attached hydrogen (secondary N) is 1. The largest absolute Gasteiger partial charge is 0.314 e. The van der Waals surface area contributed by atoms with Gasteiger partial charge in [-0.05, 0) is 30.4 Å². The van der Waals surface area contributed by atoms with Crippen LogP contribution in [-0.4, -0.2) is 41.6 Å². The molecule has 2 aromatic rings. The number of carbonyl (C=O) groups is 1. The first-order valence-corrected chi connectivity index (χ1v) is 9.81. The van der Waals surface area contributed by atoms with Gasteiger partial charge >= 0.3 is 0 Å². The van der Waals surface area contributed by atoms with Gasteiger partial charge in [0.25, 0.3) is 0 Å². The molecule has 4 nitrogen and oxygen atoms in total. The number of halogens is 2. The van der Waals surface area contributed by atoms with Crippen molar-refractivity contribution in [2.45, 2.75) is 45.1 Å². The zero-order valence-electron chi connectivity index (χ0n) is 16.0. The van der Waals surface area contributed by atoms with Crippen molar-refractivity contribution < 1.29 is 4.79 Å². The summed E-state index contributed by atoms with van der Waals surface area (Å²) in [5, 5.41) is 4.74. The minimum Gasteiger partial charge on any atom is -0.314 e. The molecule has 2 fully saturated rings. The lowest BCUT2D eigenvalue weighted by Gasteiger charge is -2.41. The Labute approximate surface area is 174 Å². The van der Waals surface area contributed by atoms with E-state index in [9.17, 15) is 4.79 Å². The van der Waals surface area contributed by atoms with E-state index in [1.807, 2.05) is 10.6 Å². The van der Waals surface area contributed by atoms with E-state index in [-0.39, 0.29) is 30.7 Å². The molecule has 1 aliphatic heterocycles. The first kappa shape index (κ1) is 22.2. The average molecular weight is 412 g/mol. The Morgan fingerprint density at radius 2 is 1.74 bits per heavy atom. The van der Waals surface area contributed by atoms with E-state index in [1.165, 1.54) is 43.1 Å². The van der Waals surface area contributed by atoms with Crippen molar-refractivity contribution in [1.29, 1.82) is 0 Å². The number of para-hydroxylation sites is 1. The summed E-state index contributed by atoms with van der Waals surface area (Å²) < 4.78 is 1.85. The average Bonchev–Trinajstić information content (AvgIpc) is 3.04. The van der Waals surface area contributed by atoms with Gasteiger partial charge in [0, 0.05) is 50.7 Å². The van der Waals surface area contributed by atoms with Crippen LogP contribution in [0.4, 0.5) is 0 Å². The fraction of sp³-hybridized carbons (Fsp3) is 0.571. The molecule has 4 rings (SSSR count). The van der Waals surface area contributed by atoms with Gasteiger partial charge in [0.1, 0.15) is 0 Å². The second-order valence-electron chi connectivity index (χ2n) is 7.62. The van der Waals surface area contributed by atoms with Crippen LogP contribution in [0.5, 0.6) is 0 Å². The van der Waals surface area contributed by atoms with E-state index in [1.54, 1.807) is 6.92 Å². The van der Waals surface area contributed by atoms with Gasteiger partial charge in [0.2, 0.25) is 5.91 Å². The third kappa shape index (κ3) is 4.51. The van der Waals surface area contributed by atoms with Gasteiger partial charge in [-0.3, -0.25) is 14.3 Å². The Bertz CT molecular complexity index is 731. The molecule has 2 aliphatic rings. The summed E-state index contributed by atoms with van der Waals surface area (Å²) in [6.45, 7) is 5.99. The molecule has 0 amide bonds. The predicted molar refractivity (Wildman–Crippen MR) is 116 cm³/mol. The summed E-state index contributed by atoms with van der Waals surface area (Å²) in [5.74, 6) is 0.809. The van der Waals surface area contributed by atoms with E-state index in [4.69, 9.17) is 0 Å². The van der Waals surface area contributed by atoms with Gasteiger partial charge in [0.15, 0.2) is 0 Å². The zero-order valence-corrected chi connectivity index (χ0v) is 17.7. The van der Waals surface area contributed by atoms with E-state index in [0.717, 1.165) is 31.7 Å². The molecular formula is C21H31Cl2N3O. The number of fused-ring (bicyclic) bond motifs is 1. The smallest absolute Gasteiger partial charge is 0.227 e. The number of hydrogen-bond donors (Lipinski definition) is 1. The van der Waals surface area contributed by atoms with Gasteiger partial charge in [-0.25, -0.2) is 0 Å². The molecular weight excluding hydrogens is 381 g/mol. The molecule has 6 heteroatoms. The van der Waals surface area contributed by atoms with Crippen molar-refractivity contribution >= 4 is 41.6 Å². The first-order valence-electron chi connectivity index (χ1n) is 9.81. The maximum Gasteiger partial charge on any atom is 0.227 e. The summed E-state index contributed by atoms with van der Waals surface area (Å²) in [5.41, 5.74) is 2.42. The lowest BCUT2D eigenvalue weighted by molar-refractivity contribution is 0.0936. The van der Waals surface area contributed by atoms with Crippen molar-refractivity contribution in [2.24, 2.45) is 5.92 Å². The molecule has 2 heterocycles. The van der Waals surface area contributed by atoms with E-state index >= 15 is 0 Å². The van der Waals surface area contributed by atoms with Crippen LogP contribution in [0.15, 0.2) is 30.5 Å². The quantitative estimate of drug-likeness (QED) is 0.796. The Morgan fingerprint density at radius 3 is 2.41 bits per heavy atom. The zero-order chi connectivity index (χ0) is 17.2. The van der Waals surface area contributed by atoms with Crippen molar-refractivity contribution in [3.8, 4) is 0 Å². The second kappa shape index (κ2) is 9.92. The molecule has 0 radical (unpaired) electrons. The standard InChI is InChI=1S/C21H29N3O.2ClH/c1-16(25)24-15-19(18-9-5-6-10-20(18)24)21(17-7-3-2-4-8-17)23-13-11-22-12-14-23;;/h5-6,9-10,15,17,21-22H,2-4,7-8,11-14H2,1H3;2*1H/t21-;;/m1../s1. The van der Waals surface area contributed by atoms with Gasteiger partial charge in [0.05, 0.1) is 5.52 Å². The molecule has 1 aromatic heterocycles. The summed E-state index contributed by atoms with van der Waals surface area (Å²) in [6, 6.07) is 8.85. The van der Waals surface area contributed by atoms with Gasteiger partial charge in [-0.1, -0.05) is 37.5 Å². The number of aromatic nitrogens is 1. The lowest BCUT2D eigenvalue weighted by atomic mass is 9.80. The minimum atomic E-state index is 0. The molecule has 0 unspecified atom stereocenters. The Morgan fingerprint density at radius 1 is 1.07 bits per heavy atom. The maximum atomic E-state index is 12.2. The van der Waals surface area contributed by atoms with E-state index in [0.29, 0.717) is 12.0 Å². The van der Waals surface area contributed by atoms with Crippen LogP contribution in [0.1, 0.15) is 55.4 Å².